The number of hydrogen-bond acceptors (Lipinski definition) is 2. The minimum Gasteiger partial charge on any atom is -0.335 e. The van der Waals surface area contributed by atoms with Crippen LogP contribution in [0.15, 0.2) is 30.3 Å². The van der Waals surface area contributed by atoms with Gasteiger partial charge in [0, 0.05) is 13.0 Å². The van der Waals surface area contributed by atoms with E-state index in [9.17, 15) is 4.79 Å². The van der Waals surface area contributed by atoms with Crippen LogP contribution in [0.4, 0.5) is 0 Å². The molecule has 1 saturated heterocycles. The van der Waals surface area contributed by atoms with Gasteiger partial charge in [0.15, 0.2) is 0 Å². The van der Waals surface area contributed by atoms with Gasteiger partial charge >= 0.3 is 0 Å². The van der Waals surface area contributed by atoms with E-state index >= 15 is 0 Å². The second-order valence-electron chi connectivity index (χ2n) is 6.48. The summed E-state index contributed by atoms with van der Waals surface area (Å²) < 4.78 is 0. The maximum absolute atomic E-state index is 12.3. The first-order valence-electron chi connectivity index (χ1n) is 6.88. The molecule has 3 heteroatoms. The van der Waals surface area contributed by atoms with Crippen LogP contribution in [0, 0.1) is 11.3 Å². The van der Waals surface area contributed by atoms with Gasteiger partial charge in [-0.05, 0) is 22.6 Å². The Kier molecular flexibility index (Phi) is 4.24. The van der Waals surface area contributed by atoms with Crippen molar-refractivity contribution < 1.29 is 4.79 Å². The molecule has 1 amide bonds. The second kappa shape index (κ2) is 5.58. The summed E-state index contributed by atoms with van der Waals surface area (Å²) in [7, 11) is 0. The third-order valence-corrected chi connectivity index (χ3v) is 4.26. The molecule has 2 nitrogen and oxygen atoms in total. The fourth-order valence-electron chi connectivity index (χ4n) is 2.96. The van der Waals surface area contributed by atoms with Crippen molar-refractivity contribution >= 4 is 18.5 Å². The summed E-state index contributed by atoms with van der Waals surface area (Å²) in [6, 6.07) is 10.5. The molecule has 104 valence electrons. The Morgan fingerprint density at radius 3 is 2.42 bits per heavy atom. The summed E-state index contributed by atoms with van der Waals surface area (Å²) in [6.07, 6.45) is 0.642. The molecule has 2 atom stereocenters. The second-order valence-corrected chi connectivity index (χ2v) is 6.84. The molecule has 0 aliphatic carbocycles. The Hall–Kier alpha value is -0.960. The number of likely N-dealkylation sites (tertiary alicyclic amines) is 1. The van der Waals surface area contributed by atoms with Gasteiger partial charge in [-0.15, -0.1) is 0 Å². The van der Waals surface area contributed by atoms with Crippen molar-refractivity contribution in [3.63, 3.8) is 0 Å². The fourth-order valence-corrected chi connectivity index (χ4v) is 3.21. The molecule has 2 unspecified atom stereocenters. The van der Waals surface area contributed by atoms with E-state index in [1.807, 2.05) is 18.2 Å². The maximum Gasteiger partial charge on any atom is 0.223 e. The summed E-state index contributed by atoms with van der Waals surface area (Å²) in [4.78, 5) is 14.3. The number of benzene rings is 1. The molecule has 0 saturated carbocycles. The molecule has 1 fully saturated rings. The summed E-state index contributed by atoms with van der Waals surface area (Å²) in [5, 5.41) is 0. The summed E-state index contributed by atoms with van der Waals surface area (Å²) in [5.41, 5.74) is 1.26. The van der Waals surface area contributed by atoms with Crippen LogP contribution in [-0.2, 0) is 4.79 Å². The van der Waals surface area contributed by atoms with Gasteiger partial charge in [-0.1, -0.05) is 51.1 Å². The van der Waals surface area contributed by atoms with E-state index in [2.05, 4.69) is 50.4 Å². The van der Waals surface area contributed by atoms with E-state index in [1.165, 1.54) is 5.56 Å². The highest BCUT2D eigenvalue weighted by Crippen LogP contribution is 2.41. The summed E-state index contributed by atoms with van der Waals surface area (Å²) >= 11 is 4.35. The van der Waals surface area contributed by atoms with Crippen LogP contribution in [0.3, 0.4) is 0 Å². The number of nitrogens with zero attached hydrogens (tertiary/aromatic N) is 1. The van der Waals surface area contributed by atoms with Crippen molar-refractivity contribution in [2.75, 3.05) is 12.3 Å². The molecule has 0 radical (unpaired) electrons. The minimum atomic E-state index is 0.0303. The number of thiol groups is 1. The van der Waals surface area contributed by atoms with Gasteiger partial charge in [-0.25, -0.2) is 0 Å². The topological polar surface area (TPSA) is 20.3 Å². The standard InChI is InChI=1S/C16H23NOS/c1-16(2,3)15(13-7-5-4-6-8-13)17-10-12(11-19)9-14(17)18/h4-8,12,15,19H,9-11H2,1-3H3. The maximum atomic E-state index is 12.3. The smallest absolute Gasteiger partial charge is 0.223 e. The fraction of sp³-hybridized carbons (Fsp3) is 0.562. The van der Waals surface area contributed by atoms with Crippen LogP contribution in [0.5, 0.6) is 0 Å². The third kappa shape index (κ3) is 3.14. The zero-order valence-electron chi connectivity index (χ0n) is 12.0. The van der Waals surface area contributed by atoms with Crippen LogP contribution in [-0.4, -0.2) is 23.1 Å². The van der Waals surface area contributed by atoms with Gasteiger partial charge in [0.2, 0.25) is 5.91 Å². The highest BCUT2D eigenvalue weighted by atomic mass is 32.1. The van der Waals surface area contributed by atoms with E-state index < -0.39 is 0 Å². The van der Waals surface area contributed by atoms with Crippen LogP contribution >= 0.6 is 12.6 Å². The number of carbonyl (C=O) groups is 1. The largest absolute Gasteiger partial charge is 0.335 e. The van der Waals surface area contributed by atoms with Gasteiger partial charge < -0.3 is 4.90 Å². The van der Waals surface area contributed by atoms with Gasteiger partial charge in [0.25, 0.3) is 0 Å². The van der Waals surface area contributed by atoms with Crippen molar-refractivity contribution in [3.05, 3.63) is 35.9 Å². The van der Waals surface area contributed by atoms with Crippen molar-refractivity contribution in [2.24, 2.45) is 11.3 Å². The predicted molar refractivity (Wildman–Crippen MR) is 82.3 cm³/mol. The first-order valence-corrected chi connectivity index (χ1v) is 7.52. The van der Waals surface area contributed by atoms with E-state index in [1.54, 1.807) is 0 Å². The van der Waals surface area contributed by atoms with E-state index in [0.717, 1.165) is 12.3 Å². The van der Waals surface area contributed by atoms with Gasteiger partial charge in [0.05, 0.1) is 6.04 Å². The highest BCUT2D eigenvalue weighted by molar-refractivity contribution is 7.80. The van der Waals surface area contributed by atoms with E-state index in [-0.39, 0.29) is 17.4 Å². The Morgan fingerprint density at radius 1 is 1.32 bits per heavy atom. The van der Waals surface area contributed by atoms with E-state index in [4.69, 9.17) is 0 Å². The Balaban J connectivity index is 2.32. The first-order chi connectivity index (χ1) is 8.93. The molecule has 0 N–H and O–H groups in total. The highest BCUT2D eigenvalue weighted by Gasteiger charge is 2.39. The van der Waals surface area contributed by atoms with Gasteiger partial charge in [0.1, 0.15) is 0 Å². The number of rotatable bonds is 3. The number of amides is 1. The van der Waals surface area contributed by atoms with E-state index in [0.29, 0.717) is 12.3 Å². The lowest BCUT2D eigenvalue weighted by Gasteiger charge is -2.38. The predicted octanol–water partition coefficient (Wildman–Crippen LogP) is 3.55. The summed E-state index contributed by atoms with van der Waals surface area (Å²) in [5.74, 6) is 1.45. The van der Waals surface area contributed by atoms with Crippen molar-refractivity contribution in [1.82, 2.24) is 4.90 Å². The van der Waals surface area contributed by atoms with Crippen LogP contribution in [0.25, 0.3) is 0 Å². The average Bonchev–Trinajstić information content (AvgIpc) is 2.71. The van der Waals surface area contributed by atoms with Crippen LogP contribution < -0.4 is 0 Å². The average molecular weight is 277 g/mol. The summed E-state index contributed by atoms with van der Waals surface area (Å²) in [6.45, 7) is 7.43. The Labute approximate surface area is 121 Å². The Morgan fingerprint density at radius 2 is 1.95 bits per heavy atom. The van der Waals surface area contributed by atoms with Crippen molar-refractivity contribution in [3.8, 4) is 0 Å². The molecule has 1 heterocycles. The molecule has 0 spiro atoms. The van der Waals surface area contributed by atoms with Crippen LogP contribution in [0.1, 0.15) is 38.8 Å². The lowest BCUT2D eigenvalue weighted by molar-refractivity contribution is -0.132. The molecule has 0 bridgehead atoms. The molecule has 2 rings (SSSR count). The molecule has 0 aromatic heterocycles. The number of carbonyl (C=O) groups excluding carboxylic acids is 1. The normalized spacial score (nSPS) is 21.8. The molecule has 1 aromatic carbocycles. The number of hydrogen-bond donors (Lipinski definition) is 1. The van der Waals surface area contributed by atoms with Crippen molar-refractivity contribution in [1.29, 1.82) is 0 Å². The zero-order valence-corrected chi connectivity index (χ0v) is 12.9. The molecular weight excluding hydrogens is 254 g/mol. The Bertz CT molecular complexity index is 438. The van der Waals surface area contributed by atoms with Crippen LogP contribution in [0.2, 0.25) is 0 Å². The molecular formula is C16H23NOS. The molecule has 1 aliphatic rings. The molecule has 1 aromatic rings. The first kappa shape index (κ1) is 14.4. The lowest BCUT2D eigenvalue weighted by Crippen LogP contribution is -2.38. The molecule has 1 aliphatic heterocycles. The zero-order chi connectivity index (χ0) is 14.0. The van der Waals surface area contributed by atoms with Crippen molar-refractivity contribution in [2.45, 2.75) is 33.2 Å². The minimum absolute atomic E-state index is 0.0303. The van der Waals surface area contributed by atoms with Gasteiger partial charge in [-0.2, -0.15) is 12.6 Å². The van der Waals surface area contributed by atoms with Gasteiger partial charge in [-0.3, -0.25) is 4.79 Å². The monoisotopic (exact) mass is 277 g/mol. The SMILES string of the molecule is CC(C)(C)C(c1ccccc1)N1CC(CS)CC1=O. The third-order valence-electron chi connectivity index (χ3n) is 3.74. The molecule has 19 heavy (non-hydrogen) atoms. The lowest BCUT2D eigenvalue weighted by atomic mass is 9.81. The quantitative estimate of drug-likeness (QED) is 0.838.